The second kappa shape index (κ2) is 6.10. The molecule has 4 nitrogen and oxygen atoms in total. The first-order valence-electron chi connectivity index (χ1n) is 7.66. The van der Waals surface area contributed by atoms with Gasteiger partial charge >= 0.3 is 0 Å². The Morgan fingerprint density at radius 2 is 1.86 bits per heavy atom. The van der Waals surface area contributed by atoms with Crippen molar-refractivity contribution in [1.82, 2.24) is 0 Å². The maximum Gasteiger partial charge on any atom is 0.255 e. The van der Waals surface area contributed by atoms with Crippen LogP contribution in [0.3, 0.4) is 0 Å². The van der Waals surface area contributed by atoms with E-state index in [1.54, 1.807) is 0 Å². The van der Waals surface area contributed by atoms with Gasteiger partial charge < -0.3 is 16.0 Å². The summed E-state index contributed by atoms with van der Waals surface area (Å²) in [6.45, 7) is 4.04. The molecule has 1 saturated heterocycles. The molecule has 0 aromatic heterocycles. The largest absolute Gasteiger partial charge is 0.397 e. The number of nitrogens with one attached hydrogen (secondary N) is 1. The first-order valence-corrected chi connectivity index (χ1v) is 7.66. The molecular formula is C18H21N3O. The molecule has 114 valence electrons. The Hall–Kier alpha value is -2.49. The number of amides is 1. The van der Waals surface area contributed by atoms with Gasteiger partial charge in [0.05, 0.1) is 11.4 Å². The predicted molar refractivity (Wildman–Crippen MR) is 91.4 cm³/mol. The molecule has 1 fully saturated rings. The van der Waals surface area contributed by atoms with E-state index in [1.165, 1.54) is 12.8 Å². The summed E-state index contributed by atoms with van der Waals surface area (Å²) in [5, 5.41) is 2.92. The number of nitrogens with two attached hydrogens (primary N) is 1. The van der Waals surface area contributed by atoms with E-state index in [0.717, 1.165) is 30.0 Å². The lowest BCUT2D eigenvalue weighted by molar-refractivity contribution is 0.102. The Kier molecular flexibility index (Phi) is 4.00. The molecule has 3 rings (SSSR count). The van der Waals surface area contributed by atoms with Gasteiger partial charge in [-0.25, -0.2) is 0 Å². The zero-order chi connectivity index (χ0) is 15.5. The van der Waals surface area contributed by atoms with Gasteiger partial charge in [0.1, 0.15) is 0 Å². The van der Waals surface area contributed by atoms with E-state index >= 15 is 0 Å². The van der Waals surface area contributed by atoms with E-state index in [9.17, 15) is 4.79 Å². The number of carbonyl (C=O) groups excluding carboxylic acids is 1. The van der Waals surface area contributed by atoms with E-state index < -0.39 is 0 Å². The van der Waals surface area contributed by atoms with Crippen molar-refractivity contribution in [2.75, 3.05) is 29.0 Å². The molecule has 2 aromatic carbocycles. The molecule has 0 spiro atoms. The molecule has 0 aliphatic carbocycles. The lowest BCUT2D eigenvalue weighted by atomic mass is 10.1. The highest BCUT2D eigenvalue weighted by Gasteiger charge is 2.15. The average molecular weight is 295 g/mol. The van der Waals surface area contributed by atoms with Gasteiger partial charge in [-0.3, -0.25) is 4.79 Å². The Bertz CT molecular complexity index is 690. The Morgan fingerprint density at radius 3 is 2.55 bits per heavy atom. The van der Waals surface area contributed by atoms with E-state index in [2.05, 4.69) is 10.2 Å². The van der Waals surface area contributed by atoms with E-state index in [0.29, 0.717) is 11.3 Å². The summed E-state index contributed by atoms with van der Waals surface area (Å²) in [6, 6.07) is 13.3. The molecule has 1 heterocycles. The van der Waals surface area contributed by atoms with Crippen LogP contribution in [0.25, 0.3) is 0 Å². The molecular weight excluding hydrogens is 274 g/mol. The molecule has 0 unspecified atom stereocenters. The first-order chi connectivity index (χ1) is 10.6. The van der Waals surface area contributed by atoms with Gasteiger partial charge in [0, 0.05) is 24.3 Å². The third kappa shape index (κ3) is 2.91. The quantitative estimate of drug-likeness (QED) is 0.853. The molecule has 0 bridgehead atoms. The highest BCUT2D eigenvalue weighted by Crippen LogP contribution is 2.29. The predicted octanol–water partition coefficient (Wildman–Crippen LogP) is 3.43. The second-order valence-electron chi connectivity index (χ2n) is 5.74. The third-order valence-electron chi connectivity index (χ3n) is 4.12. The van der Waals surface area contributed by atoms with Crippen molar-refractivity contribution in [1.29, 1.82) is 0 Å². The monoisotopic (exact) mass is 295 g/mol. The topological polar surface area (TPSA) is 58.4 Å². The van der Waals surface area contributed by atoms with Crippen molar-refractivity contribution in [2.24, 2.45) is 0 Å². The van der Waals surface area contributed by atoms with Crippen LogP contribution in [0.2, 0.25) is 0 Å². The SMILES string of the molecule is Cc1ccccc1C(=O)Nc1ccc(N2CCCC2)c(N)c1. The molecule has 4 heteroatoms. The van der Waals surface area contributed by atoms with Crippen LogP contribution >= 0.6 is 0 Å². The maximum absolute atomic E-state index is 12.3. The molecule has 2 aromatic rings. The standard InChI is InChI=1S/C18H21N3O/c1-13-6-2-3-7-15(13)18(22)20-14-8-9-17(16(19)12-14)21-10-4-5-11-21/h2-3,6-9,12H,4-5,10-11,19H2,1H3,(H,20,22). The van der Waals surface area contributed by atoms with Gasteiger partial charge in [0.2, 0.25) is 0 Å². The van der Waals surface area contributed by atoms with Crippen LogP contribution in [0.1, 0.15) is 28.8 Å². The normalized spacial score (nSPS) is 14.1. The number of aryl methyl sites for hydroxylation is 1. The minimum atomic E-state index is -0.105. The molecule has 22 heavy (non-hydrogen) atoms. The van der Waals surface area contributed by atoms with E-state index in [4.69, 9.17) is 5.73 Å². The molecule has 0 saturated carbocycles. The highest BCUT2D eigenvalue weighted by atomic mass is 16.1. The number of hydrogen-bond acceptors (Lipinski definition) is 3. The van der Waals surface area contributed by atoms with Crippen LogP contribution in [-0.2, 0) is 0 Å². The van der Waals surface area contributed by atoms with Crippen LogP contribution in [-0.4, -0.2) is 19.0 Å². The van der Waals surface area contributed by atoms with Gasteiger partial charge in [-0.2, -0.15) is 0 Å². The summed E-state index contributed by atoms with van der Waals surface area (Å²) in [4.78, 5) is 14.6. The summed E-state index contributed by atoms with van der Waals surface area (Å²) >= 11 is 0. The zero-order valence-electron chi connectivity index (χ0n) is 12.8. The number of carbonyl (C=O) groups is 1. The van der Waals surface area contributed by atoms with Crippen LogP contribution in [0.5, 0.6) is 0 Å². The van der Waals surface area contributed by atoms with Crippen molar-refractivity contribution in [3.8, 4) is 0 Å². The van der Waals surface area contributed by atoms with Gasteiger partial charge in [0.15, 0.2) is 0 Å². The molecule has 1 amide bonds. The lowest BCUT2D eigenvalue weighted by Gasteiger charge is -2.20. The highest BCUT2D eigenvalue weighted by molar-refractivity contribution is 6.05. The number of anilines is 3. The number of nitrogens with zero attached hydrogens (tertiary/aromatic N) is 1. The summed E-state index contributed by atoms with van der Waals surface area (Å²) < 4.78 is 0. The fraction of sp³-hybridized carbons (Fsp3) is 0.278. The Balaban J connectivity index is 1.77. The second-order valence-corrected chi connectivity index (χ2v) is 5.74. The van der Waals surface area contributed by atoms with E-state index in [1.807, 2.05) is 49.4 Å². The lowest BCUT2D eigenvalue weighted by Crippen LogP contribution is -2.19. The van der Waals surface area contributed by atoms with Crippen molar-refractivity contribution >= 4 is 23.0 Å². The number of benzene rings is 2. The molecule has 0 atom stereocenters. The van der Waals surface area contributed by atoms with Gasteiger partial charge in [0.25, 0.3) is 5.91 Å². The van der Waals surface area contributed by atoms with Gasteiger partial charge in [-0.1, -0.05) is 18.2 Å². The third-order valence-corrected chi connectivity index (χ3v) is 4.12. The van der Waals surface area contributed by atoms with Gasteiger partial charge in [-0.15, -0.1) is 0 Å². The Morgan fingerprint density at radius 1 is 1.14 bits per heavy atom. The van der Waals surface area contributed by atoms with Gasteiger partial charge in [-0.05, 0) is 49.6 Å². The van der Waals surface area contributed by atoms with Crippen molar-refractivity contribution in [3.05, 3.63) is 53.6 Å². The first kappa shape index (κ1) is 14.4. The molecule has 0 radical (unpaired) electrons. The van der Waals surface area contributed by atoms with Crippen LogP contribution < -0.4 is 16.0 Å². The van der Waals surface area contributed by atoms with Crippen LogP contribution in [0, 0.1) is 6.92 Å². The molecule has 1 aliphatic rings. The molecule has 1 aliphatic heterocycles. The number of hydrogen-bond donors (Lipinski definition) is 2. The van der Waals surface area contributed by atoms with Crippen LogP contribution in [0.15, 0.2) is 42.5 Å². The number of nitrogen functional groups attached to an aromatic ring is 1. The average Bonchev–Trinajstić information content (AvgIpc) is 3.01. The minimum absolute atomic E-state index is 0.105. The zero-order valence-corrected chi connectivity index (χ0v) is 12.8. The van der Waals surface area contributed by atoms with Crippen molar-refractivity contribution in [3.63, 3.8) is 0 Å². The summed E-state index contributed by atoms with van der Waals surface area (Å²) in [5.74, 6) is -0.105. The van der Waals surface area contributed by atoms with E-state index in [-0.39, 0.29) is 5.91 Å². The minimum Gasteiger partial charge on any atom is -0.397 e. The summed E-state index contributed by atoms with van der Waals surface area (Å²) in [7, 11) is 0. The van der Waals surface area contributed by atoms with Crippen LogP contribution in [0.4, 0.5) is 17.1 Å². The van der Waals surface area contributed by atoms with Crippen molar-refractivity contribution in [2.45, 2.75) is 19.8 Å². The molecule has 3 N–H and O–H groups in total. The fourth-order valence-electron chi connectivity index (χ4n) is 2.90. The smallest absolute Gasteiger partial charge is 0.255 e. The summed E-state index contributed by atoms with van der Waals surface area (Å²) in [6.07, 6.45) is 2.43. The fourth-order valence-corrected chi connectivity index (χ4v) is 2.90. The Labute approximate surface area is 130 Å². The maximum atomic E-state index is 12.3. The summed E-state index contributed by atoms with van der Waals surface area (Å²) in [5.41, 5.74) is 10.3. The van der Waals surface area contributed by atoms with Crippen molar-refractivity contribution < 1.29 is 4.79 Å². The number of rotatable bonds is 3.